The summed E-state index contributed by atoms with van der Waals surface area (Å²) < 4.78 is 0.834. The first-order valence-electron chi connectivity index (χ1n) is 4.24. The molecule has 0 saturated carbocycles. The fourth-order valence-corrected chi connectivity index (χ4v) is 1.35. The van der Waals surface area contributed by atoms with E-state index < -0.39 is 0 Å². The average molecular weight is 238 g/mol. The van der Waals surface area contributed by atoms with Crippen molar-refractivity contribution in [3.05, 3.63) is 28.0 Å². The van der Waals surface area contributed by atoms with E-state index in [0.29, 0.717) is 5.92 Å². The maximum absolute atomic E-state index is 4.27. The molecular weight excluding hydrogens is 226 g/mol. The fourth-order valence-electron chi connectivity index (χ4n) is 0.840. The third kappa shape index (κ3) is 3.20. The third-order valence-corrected chi connectivity index (χ3v) is 2.09. The molecule has 0 aliphatic carbocycles. The minimum absolute atomic E-state index is 0.396. The SMILES string of the molecule is Cc1ccc(C#CC(C)C)c(Br)n1. The van der Waals surface area contributed by atoms with Gasteiger partial charge in [-0.15, -0.1) is 0 Å². The highest BCUT2D eigenvalue weighted by Gasteiger charge is 1.97. The van der Waals surface area contributed by atoms with Crippen LogP contribution in [0.2, 0.25) is 0 Å². The van der Waals surface area contributed by atoms with Crippen LogP contribution in [0, 0.1) is 24.7 Å². The second-order valence-corrected chi connectivity index (χ2v) is 3.97. The zero-order valence-corrected chi connectivity index (χ0v) is 9.64. The Morgan fingerprint density at radius 3 is 2.62 bits per heavy atom. The summed E-state index contributed by atoms with van der Waals surface area (Å²) in [4.78, 5) is 4.27. The second-order valence-electron chi connectivity index (χ2n) is 3.22. The van der Waals surface area contributed by atoms with Crippen molar-refractivity contribution in [2.75, 3.05) is 0 Å². The van der Waals surface area contributed by atoms with Gasteiger partial charge in [0.2, 0.25) is 0 Å². The van der Waals surface area contributed by atoms with Crippen LogP contribution < -0.4 is 0 Å². The number of aromatic nitrogens is 1. The third-order valence-electron chi connectivity index (χ3n) is 1.48. The summed E-state index contributed by atoms with van der Waals surface area (Å²) in [6, 6.07) is 3.96. The van der Waals surface area contributed by atoms with Crippen LogP contribution in [0.25, 0.3) is 0 Å². The molecule has 0 aliphatic heterocycles. The number of hydrogen-bond donors (Lipinski definition) is 0. The van der Waals surface area contributed by atoms with Crippen molar-refractivity contribution in [3.63, 3.8) is 0 Å². The van der Waals surface area contributed by atoms with Crippen LogP contribution in [-0.4, -0.2) is 4.98 Å². The monoisotopic (exact) mass is 237 g/mol. The average Bonchev–Trinajstić information content (AvgIpc) is 2.02. The van der Waals surface area contributed by atoms with E-state index >= 15 is 0 Å². The molecule has 0 saturated heterocycles. The molecule has 0 aromatic carbocycles. The van der Waals surface area contributed by atoms with E-state index in [2.05, 4.69) is 46.6 Å². The highest BCUT2D eigenvalue weighted by atomic mass is 79.9. The van der Waals surface area contributed by atoms with E-state index in [-0.39, 0.29) is 0 Å². The molecular formula is C11H12BrN. The highest BCUT2D eigenvalue weighted by Crippen LogP contribution is 2.13. The molecule has 0 atom stereocenters. The molecule has 0 spiro atoms. The Balaban J connectivity index is 2.98. The lowest BCUT2D eigenvalue weighted by atomic mass is 10.2. The van der Waals surface area contributed by atoms with Gasteiger partial charge in [-0.25, -0.2) is 4.98 Å². The Labute approximate surface area is 87.7 Å². The highest BCUT2D eigenvalue weighted by molar-refractivity contribution is 9.10. The summed E-state index contributed by atoms with van der Waals surface area (Å²) in [6.07, 6.45) is 0. The van der Waals surface area contributed by atoms with Gasteiger partial charge >= 0.3 is 0 Å². The molecule has 1 aromatic heterocycles. The topological polar surface area (TPSA) is 12.9 Å². The molecule has 68 valence electrons. The fraction of sp³-hybridized carbons (Fsp3) is 0.364. The number of halogens is 1. The molecule has 0 aliphatic rings. The summed E-state index contributed by atoms with van der Waals surface area (Å²) in [5.41, 5.74) is 1.96. The van der Waals surface area contributed by atoms with Gasteiger partial charge in [-0.05, 0) is 35.0 Å². The predicted octanol–water partition coefficient (Wildman–Crippen LogP) is 3.16. The number of aryl methyl sites for hydroxylation is 1. The van der Waals surface area contributed by atoms with Gasteiger partial charge < -0.3 is 0 Å². The maximum Gasteiger partial charge on any atom is 0.121 e. The van der Waals surface area contributed by atoms with Crippen LogP contribution in [0.1, 0.15) is 25.1 Å². The first-order chi connectivity index (χ1) is 6.09. The second kappa shape index (κ2) is 4.43. The van der Waals surface area contributed by atoms with Gasteiger partial charge in [0.25, 0.3) is 0 Å². The van der Waals surface area contributed by atoms with Gasteiger partial charge in [-0.1, -0.05) is 25.7 Å². The molecule has 0 unspecified atom stereocenters. The van der Waals surface area contributed by atoms with Crippen LogP contribution in [0.15, 0.2) is 16.7 Å². The van der Waals surface area contributed by atoms with Gasteiger partial charge in [0.05, 0.1) is 5.56 Å². The standard InChI is InChI=1S/C11H12BrN/c1-8(2)4-6-10-7-5-9(3)13-11(10)12/h5,7-8H,1-3H3. The summed E-state index contributed by atoms with van der Waals surface area (Å²) in [6.45, 7) is 6.11. The number of nitrogens with zero attached hydrogens (tertiary/aromatic N) is 1. The molecule has 1 nitrogen and oxygen atoms in total. The zero-order valence-electron chi connectivity index (χ0n) is 8.06. The maximum atomic E-state index is 4.27. The van der Waals surface area contributed by atoms with Crippen LogP contribution in [0.4, 0.5) is 0 Å². The van der Waals surface area contributed by atoms with Gasteiger partial charge in [0, 0.05) is 11.6 Å². The van der Waals surface area contributed by atoms with Crippen molar-refractivity contribution in [3.8, 4) is 11.8 Å². The Morgan fingerprint density at radius 2 is 2.08 bits per heavy atom. The first kappa shape index (κ1) is 10.3. The molecule has 0 N–H and O–H groups in total. The van der Waals surface area contributed by atoms with E-state index in [1.165, 1.54) is 0 Å². The van der Waals surface area contributed by atoms with E-state index in [1.807, 2.05) is 19.1 Å². The zero-order chi connectivity index (χ0) is 9.84. The van der Waals surface area contributed by atoms with Crippen LogP contribution in [0.3, 0.4) is 0 Å². The van der Waals surface area contributed by atoms with E-state index in [4.69, 9.17) is 0 Å². The minimum Gasteiger partial charge on any atom is -0.245 e. The summed E-state index contributed by atoms with van der Waals surface area (Å²) >= 11 is 3.38. The number of hydrogen-bond acceptors (Lipinski definition) is 1. The van der Waals surface area contributed by atoms with Gasteiger partial charge in [0.15, 0.2) is 0 Å². The van der Waals surface area contributed by atoms with Gasteiger partial charge in [-0.3, -0.25) is 0 Å². The lowest BCUT2D eigenvalue weighted by molar-refractivity contribution is 0.866. The summed E-state index contributed by atoms with van der Waals surface area (Å²) in [5.74, 6) is 6.58. The van der Waals surface area contributed by atoms with E-state index in [1.54, 1.807) is 0 Å². The van der Waals surface area contributed by atoms with Crippen molar-refractivity contribution in [2.24, 2.45) is 5.92 Å². The quantitative estimate of drug-likeness (QED) is 0.499. The number of rotatable bonds is 0. The molecule has 0 amide bonds. The lowest BCUT2D eigenvalue weighted by Gasteiger charge is -1.96. The Kier molecular flexibility index (Phi) is 3.50. The normalized spacial score (nSPS) is 9.62. The Morgan fingerprint density at radius 1 is 1.38 bits per heavy atom. The Hall–Kier alpha value is -0.810. The minimum atomic E-state index is 0.396. The number of pyridine rings is 1. The van der Waals surface area contributed by atoms with Crippen molar-refractivity contribution < 1.29 is 0 Å². The smallest absolute Gasteiger partial charge is 0.121 e. The first-order valence-corrected chi connectivity index (χ1v) is 5.03. The molecule has 1 heterocycles. The summed E-state index contributed by atoms with van der Waals surface area (Å²) in [5, 5.41) is 0. The van der Waals surface area contributed by atoms with E-state index in [0.717, 1.165) is 15.9 Å². The lowest BCUT2D eigenvalue weighted by Crippen LogP contribution is -1.87. The molecule has 2 heteroatoms. The van der Waals surface area contributed by atoms with Crippen molar-refractivity contribution in [1.82, 2.24) is 4.98 Å². The van der Waals surface area contributed by atoms with Crippen molar-refractivity contribution in [1.29, 1.82) is 0 Å². The Bertz CT molecular complexity index is 358. The predicted molar refractivity (Wildman–Crippen MR) is 58.4 cm³/mol. The molecule has 13 heavy (non-hydrogen) atoms. The molecule has 1 rings (SSSR count). The van der Waals surface area contributed by atoms with Crippen LogP contribution in [-0.2, 0) is 0 Å². The summed E-state index contributed by atoms with van der Waals surface area (Å²) in [7, 11) is 0. The van der Waals surface area contributed by atoms with Crippen LogP contribution >= 0.6 is 15.9 Å². The van der Waals surface area contributed by atoms with E-state index in [9.17, 15) is 0 Å². The largest absolute Gasteiger partial charge is 0.245 e. The van der Waals surface area contributed by atoms with Crippen molar-refractivity contribution >= 4 is 15.9 Å². The van der Waals surface area contributed by atoms with Crippen LogP contribution in [0.5, 0.6) is 0 Å². The van der Waals surface area contributed by atoms with Gasteiger partial charge in [0.1, 0.15) is 4.60 Å². The van der Waals surface area contributed by atoms with Crippen molar-refractivity contribution in [2.45, 2.75) is 20.8 Å². The van der Waals surface area contributed by atoms with Gasteiger partial charge in [-0.2, -0.15) is 0 Å². The molecule has 1 aromatic rings. The molecule has 0 bridgehead atoms. The molecule has 0 fully saturated rings. The molecule has 0 radical (unpaired) electrons.